The first kappa shape index (κ1) is 20.6. The summed E-state index contributed by atoms with van der Waals surface area (Å²) in [4.78, 5) is 12.6. The number of fused-ring (bicyclic) bond motifs is 2. The Morgan fingerprint density at radius 2 is 1.93 bits per heavy atom. The lowest BCUT2D eigenvalue weighted by molar-refractivity contribution is -0.152. The molecule has 0 spiro atoms. The third kappa shape index (κ3) is 4.27. The van der Waals surface area contributed by atoms with Crippen LogP contribution in [-0.2, 0) is 19.0 Å². The largest absolute Gasteiger partial charge is 0.459 e. The molecule has 1 N–H and O–H groups in total. The van der Waals surface area contributed by atoms with Crippen molar-refractivity contribution in [2.24, 2.45) is 11.8 Å². The van der Waals surface area contributed by atoms with Crippen LogP contribution in [-0.4, -0.2) is 46.7 Å². The second kappa shape index (κ2) is 7.53. The number of ether oxygens (including phenoxy) is 3. The van der Waals surface area contributed by atoms with Crippen LogP contribution in [0.1, 0.15) is 52.5 Å². The summed E-state index contributed by atoms with van der Waals surface area (Å²) in [5, 5.41) is 11.1. The third-order valence-corrected chi connectivity index (χ3v) is 6.87. The average Bonchev–Trinajstić information content (AvgIpc) is 3.53. The number of aliphatic hydroxyl groups is 1. The topological polar surface area (TPSA) is 71.6 Å². The maximum Gasteiger partial charge on any atom is 0.331 e. The first-order valence-corrected chi connectivity index (χ1v) is 10.7. The summed E-state index contributed by atoms with van der Waals surface area (Å²) in [6.45, 7) is 8.27. The second-order valence-corrected chi connectivity index (χ2v) is 9.54. The Bertz CT molecular complexity index is 775. The lowest BCUT2D eigenvalue weighted by Gasteiger charge is -2.34. The molecule has 4 rings (SSSR count). The molecule has 0 bridgehead atoms. The molecule has 1 aliphatic carbocycles. The van der Waals surface area contributed by atoms with Crippen LogP contribution < -0.4 is 0 Å². The number of carbonyl (C=O) groups excluding carboxylic acids is 1. The zero-order valence-corrected chi connectivity index (χ0v) is 17.7. The molecule has 29 heavy (non-hydrogen) atoms. The Balaban J connectivity index is 1.54. The third-order valence-electron chi connectivity index (χ3n) is 6.87. The van der Waals surface area contributed by atoms with Crippen molar-refractivity contribution in [2.45, 2.75) is 82.6 Å². The van der Waals surface area contributed by atoms with Crippen molar-refractivity contribution in [3.05, 3.63) is 42.0 Å². The van der Waals surface area contributed by atoms with E-state index >= 15 is 0 Å². The molecule has 0 aromatic heterocycles. The fourth-order valence-electron chi connectivity index (χ4n) is 4.96. The van der Waals surface area contributed by atoms with Gasteiger partial charge in [0.25, 0.3) is 0 Å². The fourth-order valence-corrected chi connectivity index (χ4v) is 4.96. The van der Waals surface area contributed by atoms with Gasteiger partial charge in [-0.05, 0) is 44.2 Å². The second-order valence-electron chi connectivity index (χ2n) is 9.54. The van der Waals surface area contributed by atoms with Gasteiger partial charge in [0.05, 0.1) is 23.4 Å². The van der Waals surface area contributed by atoms with E-state index in [1.54, 1.807) is 6.08 Å². The minimum atomic E-state index is -0.671. The Kier molecular flexibility index (Phi) is 5.34. The molecule has 2 heterocycles. The minimum Gasteiger partial charge on any atom is -0.459 e. The molecule has 5 heteroatoms. The van der Waals surface area contributed by atoms with Crippen LogP contribution in [0, 0.1) is 11.8 Å². The van der Waals surface area contributed by atoms with E-state index in [9.17, 15) is 9.90 Å². The van der Waals surface area contributed by atoms with Gasteiger partial charge < -0.3 is 19.3 Å². The van der Waals surface area contributed by atoms with Crippen LogP contribution in [0.15, 0.2) is 36.4 Å². The zero-order chi connectivity index (χ0) is 20.8. The average molecular weight is 401 g/mol. The van der Waals surface area contributed by atoms with Gasteiger partial charge in [-0.15, -0.1) is 0 Å². The van der Waals surface area contributed by atoms with Crippen molar-refractivity contribution in [3.8, 4) is 0 Å². The maximum absolute atomic E-state index is 12.6. The van der Waals surface area contributed by atoms with Gasteiger partial charge in [-0.3, -0.25) is 0 Å². The lowest BCUT2D eigenvalue weighted by Crippen LogP contribution is -2.45. The standard InChI is InChI=1S/C24H32O5/c1-15(2)20-17(27-19(25)11-10-16-8-6-5-7-9-16)14-24(4)18(28-24)12-13-23(3)22(29-23)21(20)26/h5-11,15,17-18,20-22,26H,12-14H2,1-4H3/b11-10+/t17-,18-,20-,21+,22-,23+,24+/m1/s1. The number of esters is 1. The Morgan fingerprint density at radius 3 is 2.62 bits per heavy atom. The predicted molar refractivity (Wildman–Crippen MR) is 110 cm³/mol. The Labute approximate surface area is 173 Å². The van der Waals surface area contributed by atoms with Crippen molar-refractivity contribution in [1.82, 2.24) is 0 Å². The predicted octanol–water partition coefficient (Wildman–Crippen LogP) is 3.74. The number of rotatable bonds is 4. The molecule has 158 valence electrons. The Morgan fingerprint density at radius 1 is 1.21 bits per heavy atom. The molecule has 5 nitrogen and oxygen atoms in total. The molecular formula is C24H32O5. The smallest absolute Gasteiger partial charge is 0.331 e. The maximum atomic E-state index is 12.6. The molecular weight excluding hydrogens is 368 g/mol. The van der Waals surface area contributed by atoms with Gasteiger partial charge in [0, 0.05) is 18.4 Å². The van der Waals surface area contributed by atoms with Crippen LogP contribution in [0.3, 0.4) is 0 Å². The fraction of sp³-hybridized carbons (Fsp3) is 0.625. The van der Waals surface area contributed by atoms with E-state index in [4.69, 9.17) is 14.2 Å². The summed E-state index contributed by atoms with van der Waals surface area (Å²) >= 11 is 0. The van der Waals surface area contributed by atoms with Crippen molar-refractivity contribution < 1.29 is 24.1 Å². The van der Waals surface area contributed by atoms with Crippen molar-refractivity contribution in [2.75, 3.05) is 0 Å². The lowest BCUT2D eigenvalue weighted by atomic mass is 9.76. The Hall–Kier alpha value is -1.69. The number of epoxide rings is 2. The van der Waals surface area contributed by atoms with E-state index in [0.717, 1.165) is 18.4 Å². The van der Waals surface area contributed by atoms with E-state index in [1.807, 2.05) is 30.3 Å². The van der Waals surface area contributed by atoms with Gasteiger partial charge in [-0.2, -0.15) is 0 Å². The molecule has 7 atom stereocenters. The number of hydrogen-bond donors (Lipinski definition) is 1. The van der Waals surface area contributed by atoms with Gasteiger partial charge in [0.1, 0.15) is 12.2 Å². The van der Waals surface area contributed by atoms with Crippen molar-refractivity contribution in [3.63, 3.8) is 0 Å². The molecule has 1 aromatic carbocycles. The number of carbonyl (C=O) groups is 1. The van der Waals surface area contributed by atoms with Gasteiger partial charge in [-0.25, -0.2) is 4.79 Å². The molecule has 1 aromatic rings. The molecule has 3 aliphatic rings. The van der Waals surface area contributed by atoms with Crippen LogP contribution >= 0.6 is 0 Å². The van der Waals surface area contributed by atoms with Crippen LogP contribution in [0.2, 0.25) is 0 Å². The van der Waals surface area contributed by atoms with Crippen LogP contribution in [0.4, 0.5) is 0 Å². The molecule has 2 saturated heterocycles. The SMILES string of the molecule is CC(C)[C@H]1[C@H](O)[C@H]2O[C@@]2(C)CC[C@H]2O[C@@]2(C)C[C@H]1OC(=O)/C=C/c1ccccc1. The summed E-state index contributed by atoms with van der Waals surface area (Å²) in [5.74, 6) is -0.473. The highest BCUT2D eigenvalue weighted by atomic mass is 16.6. The summed E-state index contributed by atoms with van der Waals surface area (Å²) < 4.78 is 17.9. The highest BCUT2D eigenvalue weighted by Crippen LogP contribution is 2.52. The van der Waals surface area contributed by atoms with E-state index in [-0.39, 0.29) is 35.2 Å². The molecule has 0 amide bonds. The summed E-state index contributed by atoms with van der Waals surface area (Å²) in [5.41, 5.74) is 0.327. The summed E-state index contributed by atoms with van der Waals surface area (Å²) in [6.07, 6.45) is 4.43. The molecule has 1 saturated carbocycles. The van der Waals surface area contributed by atoms with Crippen molar-refractivity contribution in [1.29, 1.82) is 0 Å². The normalized spacial score (nSPS) is 41.5. The molecule has 0 radical (unpaired) electrons. The van der Waals surface area contributed by atoms with E-state index in [0.29, 0.717) is 6.42 Å². The number of benzene rings is 1. The van der Waals surface area contributed by atoms with Gasteiger partial charge in [0.15, 0.2) is 0 Å². The summed E-state index contributed by atoms with van der Waals surface area (Å²) in [7, 11) is 0. The number of aliphatic hydroxyl groups excluding tert-OH is 1. The van der Waals surface area contributed by atoms with Gasteiger partial charge in [-0.1, -0.05) is 44.2 Å². The zero-order valence-electron chi connectivity index (χ0n) is 17.7. The van der Waals surface area contributed by atoms with Crippen LogP contribution in [0.5, 0.6) is 0 Å². The highest BCUT2D eigenvalue weighted by Gasteiger charge is 2.63. The number of hydrogen-bond acceptors (Lipinski definition) is 5. The summed E-state index contributed by atoms with van der Waals surface area (Å²) in [6, 6.07) is 9.65. The molecule has 0 unspecified atom stereocenters. The first-order chi connectivity index (χ1) is 13.7. The molecule has 3 fully saturated rings. The van der Waals surface area contributed by atoms with Crippen molar-refractivity contribution >= 4 is 12.0 Å². The van der Waals surface area contributed by atoms with E-state index in [2.05, 4.69) is 27.7 Å². The highest BCUT2D eigenvalue weighted by molar-refractivity contribution is 5.87. The monoisotopic (exact) mass is 400 g/mol. The van der Waals surface area contributed by atoms with E-state index < -0.39 is 18.2 Å². The molecule has 2 aliphatic heterocycles. The first-order valence-electron chi connectivity index (χ1n) is 10.7. The minimum absolute atomic E-state index is 0.134. The van der Waals surface area contributed by atoms with Gasteiger partial charge >= 0.3 is 5.97 Å². The van der Waals surface area contributed by atoms with Gasteiger partial charge in [0.2, 0.25) is 0 Å². The van der Waals surface area contributed by atoms with Crippen LogP contribution in [0.25, 0.3) is 6.08 Å². The van der Waals surface area contributed by atoms with E-state index in [1.165, 1.54) is 6.08 Å². The quantitative estimate of drug-likeness (QED) is 0.474.